The Labute approximate surface area is 198 Å². The van der Waals surface area contributed by atoms with Crippen LogP contribution in [0.2, 0.25) is 5.02 Å². The van der Waals surface area contributed by atoms with Gasteiger partial charge in [-0.2, -0.15) is 0 Å². The molecule has 1 aliphatic carbocycles. The van der Waals surface area contributed by atoms with Crippen LogP contribution in [0.5, 0.6) is 5.75 Å². The van der Waals surface area contributed by atoms with Crippen LogP contribution in [-0.4, -0.2) is 41.9 Å². The van der Waals surface area contributed by atoms with Crippen molar-refractivity contribution in [1.29, 1.82) is 0 Å². The van der Waals surface area contributed by atoms with Crippen molar-refractivity contribution in [2.24, 2.45) is 0 Å². The summed E-state index contributed by atoms with van der Waals surface area (Å²) in [6.45, 7) is 4.67. The number of thiophene rings is 1. The van der Waals surface area contributed by atoms with E-state index in [1.54, 1.807) is 0 Å². The maximum Gasteiger partial charge on any atom is 0.264 e. The van der Waals surface area contributed by atoms with Gasteiger partial charge in [-0.05, 0) is 71.7 Å². The predicted octanol–water partition coefficient (Wildman–Crippen LogP) is 5.43. The first kappa shape index (κ1) is 21.5. The zero-order valence-electron chi connectivity index (χ0n) is 18.1. The number of benzene rings is 2. The topological polar surface area (TPSA) is 32.8 Å². The van der Waals surface area contributed by atoms with E-state index in [0.29, 0.717) is 6.61 Å². The SMILES string of the molecule is O=C(c1cc(COc2ccc3c(c2)CCC3)cs1)N1CCN(Cc2ccc(Cl)cc2)CC1. The highest BCUT2D eigenvalue weighted by molar-refractivity contribution is 7.12. The number of halogens is 1. The summed E-state index contributed by atoms with van der Waals surface area (Å²) in [6.07, 6.45) is 3.57. The van der Waals surface area contributed by atoms with Gasteiger partial charge in [-0.3, -0.25) is 9.69 Å². The fourth-order valence-electron chi connectivity index (χ4n) is 4.48. The van der Waals surface area contributed by atoms with E-state index in [9.17, 15) is 4.79 Å². The minimum absolute atomic E-state index is 0.130. The summed E-state index contributed by atoms with van der Waals surface area (Å²) < 4.78 is 6.00. The Kier molecular flexibility index (Phi) is 6.49. The van der Waals surface area contributed by atoms with Gasteiger partial charge in [-0.15, -0.1) is 11.3 Å². The van der Waals surface area contributed by atoms with Crippen molar-refractivity contribution in [3.05, 3.63) is 86.1 Å². The van der Waals surface area contributed by atoms with Crippen LogP contribution in [-0.2, 0) is 26.0 Å². The normalized spacial score (nSPS) is 16.2. The second-order valence-electron chi connectivity index (χ2n) is 8.59. The van der Waals surface area contributed by atoms with Crippen molar-refractivity contribution in [1.82, 2.24) is 9.80 Å². The smallest absolute Gasteiger partial charge is 0.264 e. The molecule has 0 bridgehead atoms. The molecule has 1 aromatic heterocycles. The molecule has 2 heterocycles. The number of hydrogen-bond acceptors (Lipinski definition) is 4. The Hall–Kier alpha value is -2.34. The Morgan fingerprint density at radius 2 is 1.72 bits per heavy atom. The molecule has 4 nitrogen and oxygen atoms in total. The van der Waals surface area contributed by atoms with Gasteiger partial charge >= 0.3 is 0 Å². The highest BCUT2D eigenvalue weighted by Crippen LogP contribution is 2.27. The molecule has 0 unspecified atom stereocenters. The second kappa shape index (κ2) is 9.65. The van der Waals surface area contributed by atoms with Gasteiger partial charge in [0.1, 0.15) is 12.4 Å². The minimum atomic E-state index is 0.130. The third-order valence-electron chi connectivity index (χ3n) is 6.32. The molecule has 1 saturated heterocycles. The molecule has 0 spiro atoms. The van der Waals surface area contributed by atoms with E-state index in [-0.39, 0.29) is 5.91 Å². The van der Waals surface area contributed by atoms with Crippen LogP contribution in [0, 0.1) is 0 Å². The molecule has 1 fully saturated rings. The maximum absolute atomic E-state index is 13.0. The summed E-state index contributed by atoms with van der Waals surface area (Å²) >= 11 is 7.49. The third-order valence-corrected chi connectivity index (χ3v) is 7.54. The van der Waals surface area contributed by atoms with Gasteiger partial charge in [0.15, 0.2) is 0 Å². The molecule has 3 aromatic rings. The zero-order chi connectivity index (χ0) is 21.9. The summed E-state index contributed by atoms with van der Waals surface area (Å²) in [5.74, 6) is 1.05. The number of carbonyl (C=O) groups excluding carboxylic acids is 1. The third kappa shape index (κ3) is 5.01. The van der Waals surface area contributed by atoms with Gasteiger partial charge in [0.05, 0.1) is 4.88 Å². The molecule has 2 aromatic carbocycles. The fraction of sp³-hybridized carbons (Fsp3) is 0.346. The molecule has 1 amide bonds. The average molecular weight is 467 g/mol. The molecule has 2 aliphatic rings. The van der Waals surface area contributed by atoms with Crippen LogP contribution in [0.15, 0.2) is 53.9 Å². The number of ether oxygens (including phenoxy) is 1. The minimum Gasteiger partial charge on any atom is -0.489 e. The highest BCUT2D eigenvalue weighted by Gasteiger charge is 2.23. The summed E-state index contributed by atoms with van der Waals surface area (Å²) in [4.78, 5) is 18.1. The largest absolute Gasteiger partial charge is 0.489 e. The van der Waals surface area contributed by atoms with Crippen molar-refractivity contribution in [2.75, 3.05) is 26.2 Å². The molecule has 32 heavy (non-hydrogen) atoms. The summed E-state index contributed by atoms with van der Waals surface area (Å²) in [5, 5.41) is 2.80. The van der Waals surface area contributed by atoms with Gasteiger partial charge in [-0.1, -0.05) is 29.8 Å². The van der Waals surface area contributed by atoms with Gasteiger partial charge in [-0.25, -0.2) is 0 Å². The lowest BCUT2D eigenvalue weighted by Gasteiger charge is -2.34. The zero-order valence-corrected chi connectivity index (χ0v) is 19.6. The van der Waals surface area contributed by atoms with Crippen molar-refractivity contribution in [3.63, 3.8) is 0 Å². The van der Waals surface area contributed by atoms with E-state index in [2.05, 4.69) is 35.2 Å². The first-order valence-corrected chi connectivity index (χ1v) is 12.5. The number of rotatable bonds is 6. The number of nitrogens with zero attached hydrogens (tertiary/aromatic N) is 2. The number of amides is 1. The van der Waals surface area contributed by atoms with Gasteiger partial charge in [0, 0.05) is 43.3 Å². The van der Waals surface area contributed by atoms with Crippen LogP contribution >= 0.6 is 22.9 Å². The van der Waals surface area contributed by atoms with E-state index in [1.165, 1.54) is 40.9 Å². The lowest BCUT2D eigenvalue weighted by atomic mass is 10.1. The van der Waals surface area contributed by atoms with E-state index < -0.39 is 0 Å². The Morgan fingerprint density at radius 1 is 0.938 bits per heavy atom. The summed E-state index contributed by atoms with van der Waals surface area (Å²) in [6, 6.07) is 16.4. The fourth-order valence-corrected chi connectivity index (χ4v) is 5.47. The average Bonchev–Trinajstić information content (AvgIpc) is 3.48. The van der Waals surface area contributed by atoms with E-state index in [1.807, 2.05) is 28.5 Å². The maximum atomic E-state index is 13.0. The van der Waals surface area contributed by atoms with Crippen LogP contribution in [0.1, 0.15) is 38.3 Å². The van der Waals surface area contributed by atoms with Crippen LogP contribution in [0.4, 0.5) is 0 Å². The van der Waals surface area contributed by atoms with Crippen LogP contribution in [0.25, 0.3) is 0 Å². The number of hydrogen-bond donors (Lipinski definition) is 0. The van der Waals surface area contributed by atoms with Crippen molar-refractivity contribution >= 4 is 28.8 Å². The highest BCUT2D eigenvalue weighted by atomic mass is 35.5. The lowest BCUT2D eigenvalue weighted by molar-refractivity contribution is 0.0633. The van der Waals surface area contributed by atoms with E-state index >= 15 is 0 Å². The molecule has 6 heteroatoms. The number of carbonyl (C=O) groups is 1. The van der Waals surface area contributed by atoms with E-state index in [4.69, 9.17) is 16.3 Å². The summed E-state index contributed by atoms with van der Waals surface area (Å²) in [5.41, 5.74) is 5.17. The quantitative estimate of drug-likeness (QED) is 0.485. The van der Waals surface area contributed by atoms with Crippen molar-refractivity contribution in [3.8, 4) is 5.75 Å². The Morgan fingerprint density at radius 3 is 2.53 bits per heavy atom. The standard InChI is InChI=1S/C26H27ClN2O2S/c27-23-7-4-19(5-8-23)16-28-10-12-29(13-11-28)26(30)25-14-20(18-32-25)17-31-24-9-6-21-2-1-3-22(21)15-24/h4-9,14-15,18H,1-3,10-13,16-17H2. The van der Waals surface area contributed by atoms with Gasteiger partial charge < -0.3 is 9.64 Å². The van der Waals surface area contributed by atoms with Crippen LogP contribution < -0.4 is 4.74 Å². The second-order valence-corrected chi connectivity index (χ2v) is 9.93. The molecule has 1 aliphatic heterocycles. The Bertz CT molecular complexity index is 1090. The lowest BCUT2D eigenvalue weighted by Crippen LogP contribution is -2.48. The molecule has 166 valence electrons. The van der Waals surface area contributed by atoms with Crippen LogP contribution in [0.3, 0.4) is 0 Å². The molecule has 0 atom stereocenters. The van der Waals surface area contributed by atoms with E-state index in [0.717, 1.165) is 60.4 Å². The van der Waals surface area contributed by atoms with Crippen molar-refractivity contribution in [2.45, 2.75) is 32.4 Å². The first-order chi connectivity index (χ1) is 15.6. The summed E-state index contributed by atoms with van der Waals surface area (Å²) in [7, 11) is 0. The first-order valence-electron chi connectivity index (χ1n) is 11.2. The molecule has 5 rings (SSSR count). The van der Waals surface area contributed by atoms with Crippen molar-refractivity contribution < 1.29 is 9.53 Å². The monoisotopic (exact) mass is 466 g/mol. The van der Waals surface area contributed by atoms with Gasteiger partial charge in [0.25, 0.3) is 5.91 Å². The molecular formula is C26H27ClN2O2S. The predicted molar refractivity (Wildman–Crippen MR) is 130 cm³/mol. The molecule has 0 N–H and O–H groups in total. The molecule has 0 saturated carbocycles. The number of fused-ring (bicyclic) bond motifs is 1. The van der Waals surface area contributed by atoms with Gasteiger partial charge in [0.2, 0.25) is 0 Å². The Balaban J connectivity index is 1.12. The number of aryl methyl sites for hydroxylation is 2. The number of piperazine rings is 1. The molecular weight excluding hydrogens is 440 g/mol. The molecule has 0 radical (unpaired) electrons.